The Kier molecular flexibility index (Phi) is 5.15. The van der Waals surface area contributed by atoms with Gasteiger partial charge in [-0.2, -0.15) is 5.10 Å². The molecule has 2 aliphatic rings. The maximum absolute atomic E-state index is 4.78. The van der Waals surface area contributed by atoms with Gasteiger partial charge in [-0.3, -0.25) is 9.91 Å². The SMILES string of the molecule is CC(C)(C)c1ccc(/C=N\N2CCN(C3c4ccccc4-c4ccccc43)CC2)cc1. The van der Waals surface area contributed by atoms with Gasteiger partial charge in [0.15, 0.2) is 0 Å². The molecule has 5 rings (SSSR count). The highest BCUT2D eigenvalue weighted by Gasteiger charge is 2.33. The van der Waals surface area contributed by atoms with Gasteiger partial charge in [-0.05, 0) is 38.8 Å². The van der Waals surface area contributed by atoms with Gasteiger partial charge in [-0.25, -0.2) is 0 Å². The molecule has 1 saturated heterocycles. The Labute approximate surface area is 186 Å². The van der Waals surface area contributed by atoms with Crippen LogP contribution in [0.15, 0.2) is 77.9 Å². The minimum absolute atomic E-state index is 0.184. The third-order valence-electron chi connectivity index (χ3n) is 6.60. The van der Waals surface area contributed by atoms with E-state index in [9.17, 15) is 0 Å². The van der Waals surface area contributed by atoms with Gasteiger partial charge in [0.1, 0.15) is 0 Å². The Balaban J connectivity index is 1.27. The Morgan fingerprint density at radius 2 is 1.29 bits per heavy atom. The highest BCUT2D eigenvalue weighted by atomic mass is 15.5. The van der Waals surface area contributed by atoms with E-state index in [4.69, 9.17) is 5.10 Å². The summed E-state index contributed by atoms with van der Waals surface area (Å²) in [5.41, 5.74) is 8.37. The minimum Gasteiger partial charge on any atom is -0.294 e. The van der Waals surface area contributed by atoms with Crippen LogP contribution in [0.5, 0.6) is 0 Å². The third-order valence-corrected chi connectivity index (χ3v) is 6.60. The maximum atomic E-state index is 4.78. The lowest BCUT2D eigenvalue weighted by Crippen LogP contribution is -2.45. The second kappa shape index (κ2) is 7.97. The molecule has 0 radical (unpaired) electrons. The van der Waals surface area contributed by atoms with Crippen molar-refractivity contribution in [2.75, 3.05) is 26.2 Å². The Morgan fingerprint density at radius 1 is 0.742 bits per heavy atom. The Hall–Kier alpha value is -2.91. The summed E-state index contributed by atoms with van der Waals surface area (Å²) in [7, 11) is 0. The molecule has 1 aliphatic heterocycles. The molecule has 0 N–H and O–H groups in total. The van der Waals surface area contributed by atoms with Crippen LogP contribution in [0.1, 0.15) is 49.1 Å². The number of piperazine rings is 1. The number of fused-ring (bicyclic) bond motifs is 3. The van der Waals surface area contributed by atoms with Crippen molar-refractivity contribution in [3.8, 4) is 11.1 Å². The second-order valence-electron chi connectivity index (χ2n) is 9.68. The maximum Gasteiger partial charge on any atom is 0.0615 e. The summed E-state index contributed by atoms with van der Waals surface area (Å²) in [6, 6.07) is 26.9. The molecule has 3 aromatic rings. The van der Waals surface area contributed by atoms with Crippen LogP contribution in [-0.4, -0.2) is 42.3 Å². The third kappa shape index (κ3) is 3.90. The normalized spacial score (nSPS) is 17.2. The fourth-order valence-electron chi connectivity index (χ4n) is 4.82. The van der Waals surface area contributed by atoms with Gasteiger partial charge in [0.2, 0.25) is 0 Å². The highest BCUT2D eigenvalue weighted by Crippen LogP contribution is 2.46. The van der Waals surface area contributed by atoms with Crippen molar-refractivity contribution >= 4 is 6.21 Å². The molecule has 3 heteroatoms. The Bertz CT molecular complexity index is 1040. The first-order valence-electron chi connectivity index (χ1n) is 11.3. The van der Waals surface area contributed by atoms with Gasteiger partial charge in [0.05, 0.1) is 12.3 Å². The molecule has 31 heavy (non-hydrogen) atoms. The Morgan fingerprint density at radius 3 is 1.84 bits per heavy atom. The average Bonchev–Trinajstić information content (AvgIpc) is 3.12. The number of hydrazone groups is 1. The molecule has 1 aliphatic carbocycles. The van der Waals surface area contributed by atoms with E-state index in [1.54, 1.807) is 0 Å². The van der Waals surface area contributed by atoms with Crippen molar-refractivity contribution in [2.24, 2.45) is 5.10 Å². The van der Waals surface area contributed by atoms with Crippen LogP contribution >= 0.6 is 0 Å². The molecule has 0 unspecified atom stereocenters. The number of hydrogen-bond acceptors (Lipinski definition) is 3. The van der Waals surface area contributed by atoms with Crippen LogP contribution in [0.25, 0.3) is 11.1 Å². The summed E-state index contributed by atoms with van der Waals surface area (Å²) in [6.45, 7) is 10.7. The van der Waals surface area contributed by atoms with Gasteiger partial charge in [0, 0.05) is 26.2 Å². The summed E-state index contributed by atoms with van der Waals surface area (Å²) in [5, 5.41) is 6.99. The lowest BCUT2D eigenvalue weighted by atomic mass is 9.87. The van der Waals surface area contributed by atoms with Gasteiger partial charge >= 0.3 is 0 Å². The van der Waals surface area contributed by atoms with Crippen LogP contribution in [-0.2, 0) is 5.41 Å². The van der Waals surface area contributed by atoms with E-state index < -0.39 is 0 Å². The number of nitrogens with zero attached hydrogens (tertiary/aromatic N) is 3. The van der Waals surface area contributed by atoms with Crippen LogP contribution in [0.2, 0.25) is 0 Å². The van der Waals surface area contributed by atoms with Crippen molar-refractivity contribution in [3.05, 3.63) is 95.1 Å². The zero-order valence-electron chi connectivity index (χ0n) is 18.8. The van der Waals surface area contributed by atoms with Crippen LogP contribution in [0.4, 0.5) is 0 Å². The first-order chi connectivity index (χ1) is 15.0. The van der Waals surface area contributed by atoms with Crippen molar-refractivity contribution in [3.63, 3.8) is 0 Å². The average molecular weight is 410 g/mol. The van der Waals surface area contributed by atoms with Crippen LogP contribution in [0, 0.1) is 0 Å². The fraction of sp³-hybridized carbons (Fsp3) is 0.321. The van der Waals surface area contributed by atoms with E-state index in [0.717, 1.165) is 31.7 Å². The minimum atomic E-state index is 0.184. The molecular weight excluding hydrogens is 378 g/mol. The van der Waals surface area contributed by atoms with Crippen LogP contribution in [0.3, 0.4) is 0 Å². The molecular formula is C28H31N3. The first kappa shape index (κ1) is 20.0. The lowest BCUT2D eigenvalue weighted by molar-refractivity contribution is 0.114. The van der Waals surface area contributed by atoms with Crippen molar-refractivity contribution in [1.29, 1.82) is 0 Å². The number of rotatable bonds is 3. The number of benzene rings is 3. The molecule has 158 valence electrons. The van der Waals surface area contributed by atoms with Gasteiger partial charge < -0.3 is 0 Å². The molecule has 0 atom stereocenters. The van der Waals surface area contributed by atoms with E-state index in [2.05, 4.69) is 103 Å². The summed E-state index contributed by atoms with van der Waals surface area (Å²) in [4.78, 5) is 2.62. The summed E-state index contributed by atoms with van der Waals surface area (Å²) in [5.74, 6) is 0. The van der Waals surface area contributed by atoms with E-state index >= 15 is 0 Å². The molecule has 0 aromatic heterocycles. The van der Waals surface area contributed by atoms with E-state index in [0.29, 0.717) is 6.04 Å². The van der Waals surface area contributed by atoms with Crippen molar-refractivity contribution < 1.29 is 0 Å². The molecule has 0 spiro atoms. The van der Waals surface area contributed by atoms with Gasteiger partial charge in [-0.1, -0.05) is 93.6 Å². The highest BCUT2D eigenvalue weighted by molar-refractivity contribution is 5.79. The standard InChI is InChI=1S/C28H31N3/c1-28(2,3)22-14-12-21(13-15-22)20-29-31-18-16-30(17-19-31)27-25-10-6-4-8-23(25)24-9-5-7-11-26(24)27/h4-15,20,27H,16-19H2,1-3H3/b29-20-. The van der Waals surface area contributed by atoms with Crippen molar-refractivity contribution in [2.45, 2.75) is 32.2 Å². The van der Waals surface area contributed by atoms with Gasteiger partial charge in [-0.15, -0.1) is 0 Å². The molecule has 0 saturated carbocycles. The largest absolute Gasteiger partial charge is 0.294 e. The predicted octanol–water partition coefficient (Wildman–Crippen LogP) is 5.71. The summed E-state index contributed by atoms with van der Waals surface area (Å²) >= 11 is 0. The molecule has 3 aromatic carbocycles. The summed E-state index contributed by atoms with van der Waals surface area (Å²) in [6.07, 6.45) is 2.00. The lowest BCUT2D eigenvalue weighted by Gasteiger charge is -2.37. The molecule has 1 heterocycles. The van der Waals surface area contributed by atoms with Crippen molar-refractivity contribution in [1.82, 2.24) is 9.91 Å². The molecule has 3 nitrogen and oxygen atoms in total. The fourth-order valence-corrected chi connectivity index (χ4v) is 4.82. The second-order valence-corrected chi connectivity index (χ2v) is 9.68. The van der Waals surface area contributed by atoms with Gasteiger partial charge in [0.25, 0.3) is 0 Å². The zero-order chi connectivity index (χ0) is 21.4. The summed E-state index contributed by atoms with van der Waals surface area (Å²) < 4.78 is 0. The van der Waals surface area contributed by atoms with E-state index in [1.165, 1.54) is 27.8 Å². The van der Waals surface area contributed by atoms with Crippen LogP contribution < -0.4 is 0 Å². The molecule has 1 fully saturated rings. The topological polar surface area (TPSA) is 18.8 Å². The van der Waals surface area contributed by atoms with E-state index in [1.807, 2.05) is 6.21 Å². The number of hydrogen-bond donors (Lipinski definition) is 0. The first-order valence-corrected chi connectivity index (χ1v) is 11.3. The quantitative estimate of drug-likeness (QED) is 0.516. The van der Waals surface area contributed by atoms with E-state index in [-0.39, 0.29) is 5.41 Å². The molecule has 0 bridgehead atoms. The smallest absolute Gasteiger partial charge is 0.0615 e. The zero-order valence-corrected chi connectivity index (χ0v) is 18.8. The predicted molar refractivity (Wildman–Crippen MR) is 130 cm³/mol. The monoisotopic (exact) mass is 409 g/mol. The molecule has 0 amide bonds.